The molecule has 140 valence electrons. The Kier molecular flexibility index (Phi) is 4.70. The minimum Gasteiger partial charge on any atom is -0.367 e. The maximum atomic E-state index is 14.2. The Bertz CT molecular complexity index is 972. The van der Waals surface area contributed by atoms with Crippen molar-refractivity contribution in [3.05, 3.63) is 36.5 Å². The van der Waals surface area contributed by atoms with E-state index in [9.17, 15) is 9.18 Å². The number of nitrogens with zero attached hydrogens (tertiary/aromatic N) is 4. The van der Waals surface area contributed by atoms with Crippen LogP contribution in [0.2, 0.25) is 0 Å². The summed E-state index contributed by atoms with van der Waals surface area (Å²) in [4.78, 5) is 29.3. The number of piperidine rings is 1. The molecule has 0 spiro atoms. The van der Waals surface area contributed by atoms with E-state index in [4.69, 9.17) is 0 Å². The minimum absolute atomic E-state index is 0.0862. The first-order chi connectivity index (χ1) is 13.1. The molecule has 1 fully saturated rings. The van der Waals surface area contributed by atoms with Gasteiger partial charge in [-0.05, 0) is 30.9 Å². The van der Waals surface area contributed by atoms with Crippen LogP contribution in [-0.4, -0.2) is 50.4 Å². The third-order valence-electron chi connectivity index (χ3n) is 4.96. The van der Waals surface area contributed by atoms with Gasteiger partial charge in [0, 0.05) is 49.9 Å². The lowest BCUT2D eigenvalue weighted by molar-refractivity contribution is -0.130. The molecule has 3 aromatic heterocycles. The number of halogens is 1. The van der Waals surface area contributed by atoms with Gasteiger partial charge in [-0.2, -0.15) is 0 Å². The summed E-state index contributed by atoms with van der Waals surface area (Å²) < 4.78 is 14.2. The Balaban J connectivity index is 1.52. The second kappa shape index (κ2) is 7.30. The number of H-pyrrole nitrogens is 1. The molecule has 1 aliphatic heterocycles. The van der Waals surface area contributed by atoms with Crippen LogP contribution in [-0.2, 0) is 4.79 Å². The van der Waals surface area contributed by atoms with Gasteiger partial charge in [-0.25, -0.2) is 19.3 Å². The smallest absolute Gasteiger partial charge is 0.219 e. The van der Waals surface area contributed by atoms with Gasteiger partial charge in [0.1, 0.15) is 5.65 Å². The lowest BCUT2D eigenvalue weighted by Gasteiger charge is -2.32. The number of rotatable bonds is 4. The van der Waals surface area contributed by atoms with Crippen molar-refractivity contribution < 1.29 is 9.18 Å². The Hall–Kier alpha value is -3.03. The van der Waals surface area contributed by atoms with Crippen LogP contribution in [0.15, 0.2) is 30.7 Å². The Morgan fingerprint density at radius 2 is 2.33 bits per heavy atom. The zero-order valence-corrected chi connectivity index (χ0v) is 15.1. The lowest BCUT2D eigenvalue weighted by atomic mass is 9.98. The molecular formula is C19H21FN6O. The number of hydrogen-bond donors (Lipinski definition) is 2. The number of fused-ring (bicyclic) bond motifs is 1. The molecule has 0 saturated carbocycles. The van der Waals surface area contributed by atoms with Gasteiger partial charge in [0.2, 0.25) is 5.91 Å². The maximum Gasteiger partial charge on any atom is 0.219 e. The summed E-state index contributed by atoms with van der Waals surface area (Å²) in [5.41, 5.74) is 1.52. The van der Waals surface area contributed by atoms with E-state index in [0.29, 0.717) is 18.9 Å². The molecule has 4 heterocycles. The Labute approximate surface area is 156 Å². The van der Waals surface area contributed by atoms with Gasteiger partial charge in [0.15, 0.2) is 17.5 Å². The Morgan fingerprint density at radius 1 is 1.44 bits per heavy atom. The summed E-state index contributed by atoms with van der Waals surface area (Å²) >= 11 is 0. The quantitative estimate of drug-likeness (QED) is 0.739. The highest BCUT2D eigenvalue weighted by molar-refractivity contribution is 5.91. The van der Waals surface area contributed by atoms with Gasteiger partial charge in [-0.1, -0.05) is 0 Å². The first-order valence-electron chi connectivity index (χ1n) is 9.06. The van der Waals surface area contributed by atoms with Crippen LogP contribution in [0.5, 0.6) is 0 Å². The molecule has 4 rings (SSSR count). The summed E-state index contributed by atoms with van der Waals surface area (Å²) in [6.07, 6.45) is 6.63. The van der Waals surface area contributed by atoms with E-state index in [0.717, 1.165) is 36.0 Å². The molecule has 2 N–H and O–H groups in total. The molecule has 1 atom stereocenters. The molecule has 27 heavy (non-hydrogen) atoms. The highest BCUT2D eigenvalue weighted by Gasteiger charge is 2.22. The van der Waals surface area contributed by atoms with E-state index in [2.05, 4.69) is 25.3 Å². The van der Waals surface area contributed by atoms with E-state index in [1.165, 1.54) is 6.20 Å². The number of carbonyl (C=O) groups is 1. The van der Waals surface area contributed by atoms with Crippen LogP contribution in [0, 0.1) is 11.7 Å². The normalized spacial score (nSPS) is 17.3. The van der Waals surface area contributed by atoms with Gasteiger partial charge < -0.3 is 15.2 Å². The zero-order valence-electron chi connectivity index (χ0n) is 15.1. The average molecular weight is 368 g/mol. The van der Waals surface area contributed by atoms with Crippen LogP contribution >= 0.6 is 0 Å². The fraction of sp³-hybridized carbons (Fsp3) is 0.368. The predicted octanol–water partition coefficient (Wildman–Crippen LogP) is 2.83. The van der Waals surface area contributed by atoms with E-state index in [1.807, 2.05) is 17.0 Å². The van der Waals surface area contributed by atoms with Gasteiger partial charge in [-0.15, -0.1) is 0 Å². The average Bonchev–Trinajstić information content (AvgIpc) is 3.12. The van der Waals surface area contributed by atoms with Gasteiger partial charge in [-0.3, -0.25) is 4.79 Å². The van der Waals surface area contributed by atoms with Crippen molar-refractivity contribution >= 4 is 22.8 Å². The van der Waals surface area contributed by atoms with Gasteiger partial charge >= 0.3 is 0 Å². The second-order valence-electron chi connectivity index (χ2n) is 6.85. The molecular weight excluding hydrogens is 347 g/mol. The third-order valence-corrected chi connectivity index (χ3v) is 4.96. The summed E-state index contributed by atoms with van der Waals surface area (Å²) in [6.45, 7) is 3.64. The molecule has 1 saturated heterocycles. The summed E-state index contributed by atoms with van der Waals surface area (Å²) in [5.74, 6) is 0.488. The number of carbonyl (C=O) groups excluding carboxylic acids is 1. The topological polar surface area (TPSA) is 86.8 Å². The molecule has 0 radical (unpaired) electrons. The number of likely N-dealkylation sites (tertiary alicyclic amines) is 1. The summed E-state index contributed by atoms with van der Waals surface area (Å²) in [6, 6.07) is 3.76. The van der Waals surface area contributed by atoms with Crippen molar-refractivity contribution in [2.24, 2.45) is 5.92 Å². The number of nitrogens with one attached hydrogen (secondary N) is 2. The number of amides is 1. The van der Waals surface area contributed by atoms with Gasteiger partial charge in [0.25, 0.3) is 0 Å². The molecule has 0 aliphatic carbocycles. The first kappa shape index (κ1) is 17.4. The van der Waals surface area contributed by atoms with Crippen molar-refractivity contribution in [2.75, 3.05) is 25.0 Å². The number of aromatic nitrogens is 4. The van der Waals surface area contributed by atoms with E-state index < -0.39 is 5.82 Å². The van der Waals surface area contributed by atoms with Crippen molar-refractivity contribution in [3.8, 4) is 11.4 Å². The van der Waals surface area contributed by atoms with Crippen molar-refractivity contribution in [1.82, 2.24) is 24.8 Å². The number of aromatic amines is 1. The van der Waals surface area contributed by atoms with Crippen LogP contribution in [0.25, 0.3) is 22.4 Å². The third kappa shape index (κ3) is 3.60. The van der Waals surface area contributed by atoms with Crippen LogP contribution in [0.3, 0.4) is 0 Å². The fourth-order valence-corrected chi connectivity index (χ4v) is 3.52. The van der Waals surface area contributed by atoms with Crippen LogP contribution in [0.4, 0.5) is 10.2 Å². The van der Waals surface area contributed by atoms with Crippen molar-refractivity contribution in [3.63, 3.8) is 0 Å². The summed E-state index contributed by atoms with van der Waals surface area (Å²) in [5, 5.41) is 3.99. The zero-order chi connectivity index (χ0) is 18.8. The van der Waals surface area contributed by atoms with E-state index in [1.54, 1.807) is 19.3 Å². The monoisotopic (exact) mass is 368 g/mol. The predicted molar refractivity (Wildman–Crippen MR) is 101 cm³/mol. The second-order valence-corrected chi connectivity index (χ2v) is 6.85. The first-order valence-corrected chi connectivity index (χ1v) is 9.06. The number of hydrogen-bond acceptors (Lipinski definition) is 5. The van der Waals surface area contributed by atoms with E-state index >= 15 is 0 Å². The Morgan fingerprint density at radius 3 is 3.19 bits per heavy atom. The molecule has 1 aliphatic rings. The lowest BCUT2D eigenvalue weighted by Crippen LogP contribution is -2.40. The minimum atomic E-state index is -0.490. The van der Waals surface area contributed by atoms with Crippen LogP contribution in [0.1, 0.15) is 19.8 Å². The SMILES string of the molecule is CC(=O)N1CCC[C@@H](CNc2nc(-c3c[nH]c4ncccc34)ncc2F)C1. The standard InChI is InChI=1S/C19H21FN6O/c1-12(27)26-7-3-4-13(11-26)8-22-19-16(20)10-24-18(25-19)15-9-23-17-14(15)5-2-6-21-17/h2,5-6,9-10,13H,3-4,7-8,11H2,1H3,(H,21,23)(H,22,24,25)/t13-/m0/s1. The number of pyridine rings is 1. The van der Waals surface area contributed by atoms with Crippen molar-refractivity contribution in [2.45, 2.75) is 19.8 Å². The number of anilines is 1. The highest BCUT2D eigenvalue weighted by Crippen LogP contribution is 2.26. The highest BCUT2D eigenvalue weighted by atomic mass is 19.1. The largest absolute Gasteiger partial charge is 0.367 e. The molecule has 0 aromatic carbocycles. The molecule has 0 unspecified atom stereocenters. The molecule has 1 amide bonds. The maximum absolute atomic E-state index is 14.2. The van der Waals surface area contributed by atoms with Crippen LogP contribution < -0.4 is 5.32 Å². The molecule has 8 heteroatoms. The van der Waals surface area contributed by atoms with Gasteiger partial charge in [0.05, 0.1) is 6.20 Å². The van der Waals surface area contributed by atoms with Crippen molar-refractivity contribution in [1.29, 1.82) is 0 Å². The molecule has 7 nitrogen and oxygen atoms in total. The summed E-state index contributed by atoms with van der Waals surface area (Å²) in [7, 11) is 0. The molecule has 0 bridgehead atoms. The molecule has 3 aromatic rings. The van der Waals surface area contributed by atoms with E-state index in [-0.39, 0.29) is 17.6 Å². The fourth-order valence-electron chi connectivity index (χ4n) is 3.52.